The number of amides is 1. The predicted molar refractivity (Wildman–Crippen MR) is 110 cm³/mol. The maximum absolute atomic E-state index is 12.4. The maximum Gasteiger partial charge on any atom is 0.240 e. The first-order valence-corrected chi connectivity index (χ1v) is 9.36. The topological polar surface area (TPSA) is 89.4 Å². The number of hydrogen-bond donors (Lipinski definition) is 3. The smallest absolute Gasteiger partial charge is 0.240 e. The maximum atomic E-state index is 12.4. The highest BCUT2D eigenvalue weighted by molar-refractivity contribution is 5.88. The Morgan fingerprint density at radius 3 is 2.59 bits per heavy atom. The average molecular weight is 396 g/mol. The molecule has 1 aromatic carbocycles. The minimum atomic E-state index is -0.663. The van der Waals surface area contributed by atoms with Crippen LogP contribution in [-0.4, -0.2) is 37.2 Å². The molecule has 0 bridgehead atoms. The van der Waals surface area contributed by atoms with Crippen LogP contribution in [0, 0.1) is 0 Å². The van der Waals surface area contributed by atoms with Crippen LogP contribution in [-0.2, 0) is 11.2 Å². The molecule has 1 fully saturated rings. The van der Waals surface area contributed by atoms with Crippen LogP contribution in [0.15, 0.2) is 18.2 Å². The first-order valence-electron chi connectivity index (χ1n) is 9.36. The van der Waals surface area contributed by atoms with Gasteiger partial charge >= 0.3 is 0 Å². The van der Waals surface area contributed by atoms with Gasteiger partial charge in [0.15, 0.2) is 0 Å². The number of nitrogens with two attached hydrogens (primary N) is 1. The Bertz CT molecular complexity index is 769. The molecule has 1 saturated carbocycles. The number of aromatic nitrogens is 1. The number of aromatic amines is 1. The van der Waals surface area contributed by atoms with Crippen LogP contribution < -0.4 is 20.5 Å². The molecule has 1 aliphatic rings. The molecule has 3 rings (SSSR count). The van der Waals surface area contributed by atoms with E-state index in [9.17, 15) is 4.79 Å². The van der Waals surface area contributed by atoms with Crippen molar-refractivity contribution in [2.45, 2.75) is 50.5 Å². The Morgan fingerprint density at radius 1 is 1.19 bits per heavy atom. The fourth-order valence-electron chi connectivity index (χ4n) is 3.72. The summed E-state index contributed by atoms with van der Waals surface area (Å²) in [7, 11) is 3.30. The predicted octanol–water partition coefficient (Wildman–Crippen LogP) is 3.32. The Morgan fingerprint density at radius 2 is 1.93 bits per heavy atom. The van der Waals surface area contributed by atoms with E-state index >= 15 is 0 Å². The number of carbonyl (C=O) groups excluding carboxylic acids is 1. The van der Waals surface area contributed by atoms with Crippen LogP contribution in [0.25, 0.3) is 10.9 Å². The van der Waals surface area contributed by atoms with E-state index in [4.69, 9.17) is 15.2 Å². The number of H-pyrrole nitrogens is 1. The number of methoxy groups -OCH3 is 2. The molecule has 0 atom stereocenters. The second kappa shape index (κ2) is 9.33. The van der Waals surface area contributed by atoms with Crippen molar-refractivity contribution in [2.24, 2.45) is 5.73 Å². The Kier molecular flexibility index (Phi) is 7.39. The van der Waals surface area contributed by atoms with E-state index in [0.717, 1.165) is 66.6 Å². The van der Waals surface area contributed by atoms with Crippen LogP contribution in [0.1, 0.15) is 44.2 Å². The van der Waals surface area contributed by atoms with Gasteiger partial charge in [-0.15, -0.1) is 12.4 Å². The largest absolute Gasteiger partial charge is 0.497 e. The number of ether oxygens (including phenoxy) is 2. The fraction of sp³-hybridized carbons (Fsp3) is 0.550. The van der Waals surface area contributed by atoms with Gasteiger partial charge in [0.05, 0.1) is 25.3 Å². The van der Waals surface area contributed by atoms with Crippen LogP contribution in [0.3, 0.4) is 0 Å². The summed E-state index contributed by atoms with van der Waals surface area (Å²) in [6.07, 6.45) is 6.56. The Balaban J connectivity index is 0.00000261. The van der Waals surface area contributed by atoms with Crippen molar-refractivity contribution in [3.8, 4) is 11.5 Å². The second-order valence-corrected chi connectivity index (χ2v) is 7.16. The minimum absolute atomic E-state index is 0. The molecule has 0 aliphatic heterocycles. The quantitative estimate of drug-likeness (QED) is 0.627. The van der Waals surface area contributed by atoms with E-state index in [1.807, 2.05) is 12.1 Å². The zero-order valence-corrected chi connectivity index (χ0v) is 16.9. The SMILES string of the molecule is COc1cc(OC)c2cc(CCCNC(=O)C3(N)CCCCC3)[nH]c2c1.Cl. The zero-order valence-electron chi connectivity index (χ0n) is 16.1. The van der Waals surface area contributed by atoms with Gasteiger partial charge in [0, 0.05) is 29.8 Å². The van der Waals surface area contributed by atoms with Gasteiger partial charge in [0.2, 0.25) is 5.91 Å². The molecule has 0 radical (unpaired) electrons. The monoisotopic (exact) mass is 395 g/mol. The Hall–Kier alpha value is -1.92. The number of benzene rings is 1. The summed E-state index contributed by atoms with van der Waals surface area (Å²) in [4.78, 5) is 15.8. The molecule has 2 aromatic rings. The summed E-state index contributed by atoms with van der Waals surface area (Å²) in [5.74, 6) is 1.55. The third-order valence-electron chi connectivity index (χ3n) is 5.29. The molecule has 7 heteroatoms. The molecule has 0 spiro atoms. The average Bonchev–Trinajstić information content (AvgIpc) is 3.07. The van der Waals surface area contributed by atoms with Crippen molar-refractivity contribution in [3.63, 3.8) is 0 Å². The number of fused-ring (bicyclic) bond motifs is 1. The van der Waals surface area contributed by atoms with Crippen molar-refractivity contribution in [2.75, 3.05) is 20.8 Å². The third kappa shape index (κ3) is 4.87. The molecule has 4 N–H and O–H groups in total. The van der Waals surface area contributed by atoms with E-state index in [0.29, 0.717) is 6.54 Å². The number of rotatable bonds is 7. The van der Waals surface area contributed by atoms with Crippen LogP contribution in [0.4, 0.5) is 0 Å². The van der Waals surface area contributed by atoms with E-state index in [1.54, 1.807) is 14.2 Å². The van der Waals surface area contributed by atoms with E-state index in [2.05, 4.69) is 16.4 Å². The molecular weight excluding hydrogens is 366 g/mol. The molecule has 1 aromatic heterocycles. The normalized spacial score (nSPS) is 15.8. The molecule has 27 heavy (non-hydrogen) atoms. The van der Waals surface area contributed by atoms with Gasteiger partial charge in [-0.05, 0) is 31.7 Å². The summed E-state index contributed by atoms with van der Waals surface area (Å²) in [5.41, 5.74) is 7.70. The molecule has 150 valence electrons. The summed E-state index contributed by atoms with van der Waals surface area (Å²) in [6, 6.07) is 5.94. The molecule has 0 unspecified atom stereocenters. The van der Waals surface area contributed by atoms with Gasteiger partial charge < -0.3 is 25.5 Å². The molecule has 0 saturated heterocycles. The second-order valence-electron chi connectivity index (χ2n) is 7.16. The molecule has 6 nitrogen and oxygen atoms in total. The van der Waals surface area contributed by atoms with Crippen LogP contribution in [0.2, 0.25) is 0 Å². The highest BCUT2D eigenvalue weighted by atomic mass is 35.5. The van der Waals surface area contributed by atoms with E-state index < -0.39 is 5.54 Å². The van der Waals surface area contributed by atoms with Crippen LogP contribution >= 0.6 is 12.4 Å². The first kappa shape index (κ1) is 21.4. The van der Waals surface area contributed by atoms with Crippen LogP contribution in [0.5, 0.6) is 11.5 Å². The number of halogens is 1. The number of carbonyl (C=O) groups is 1. The number of hydrogen-bond acceptors (Lipinski definition) is 4. The van der Waals surface area contributed by atoms with E-state index in [-0.39, 0.29) is 18.3 Å². The van der Waals surface area contributed by atoms with Gasteiger partial charge in [-0.1, -0.05) is 19.3 Å². The van der Waals surface area contributed by atoms with Gasteiger partial charge in [-0.25, -0.2) is 0 Å². The highest BCUT2D eigenvalue weighted by Crippen LogP contribution is 2.31. The third-order valence-corrected chi connectivity index (χ3v) is 5.29. The lowest BCUT2D eigenvalue weighted by atomic mass is 9.82. The summed E-state index contributed by atoms with van der Waals surface area (Å²) >= 11 is 0. The number of nitrogens with one attached hydrogen (secondary N) is 2. The summed E-state index contributed by atoms with van der Waals surface area (Å²) < 4.78 is 10.8. The highest BCUT2D eigenvalue weighted by Gasteiger charge is 2.34. The fourth-order valence-corrected chi connectivity index (χ4v) is 3.72. The van der Waals surface area contributed by atoms with Gasteiger partial charge in [0.1, 0.15) is 11.5 Å². The summed E-state index contributed by atoms with van der Waals surface area (Å²) in [5, 5.41) is 4.05. The lowest BCUT2D eigenvalue weighted by Crippen LogP contribution is -2.55. The Labute approximate surface area is 166 Å². The molecule has 1 aliphatic carbocycles. The van der Waals surface area contributed by atoms with Crippen molar-refractivity contribution in [1.82, 2.24) is 10.3 Å². The molecule has 1 amide bonds. The van der Waals surface area contributed by atoms with E-state index in [1.165, 1.54) is 6.42 Å². The van der Waals surface area contributed by atoms with Gasteiger partial charge in [-0.3, -0.25) is 4.79 Å². The van der Waals surface area contributed by atoms with Crippen molar-refractivity contribution in [3.05, 3.63) is 23.9 Å². The lowest BCUT2D eigenvalue weighted by Gasteiger charge is -2.31. The zero-order chi connectivity index (χ0) is 18.6. The first-order chi connectivity index (χ1) is 12.6. The van der Waals surface area contributed by atoms with Gasteiger partial charge in [-0.2, -0.15) is 0 Å². The number of aryl methyl sites for hydroxylation is 1. The van der Waals surface area contributed by atoms with Crippen molar-refractivity contribution in [1.29, 1.82) is 0 Å². The molecule has 1 heterocycles. The van der Waals surface area contributed by atoms with Gasteiger partial charge in [0.25, 0.3) is 0 Å². The molecular formula is C20H30ClN3O3. The lowest BCUT2D eigenvalue weighted by molar-refractivity contribution is -0.127. The van der Waals surface area contributed by atoms with Crippen molar-refractivity contribution < 1.29 is 14.3 Å². The summed E-state index contributed by atoms with van der Waals surface area (Å²) in [6.45, 7) is 0.633. The minimum Gasteiger partial charge on any atom is -0.497 e. The van der Waals surface area contributed by atoms with Crippen molar-refractivity contribution >= 4 is 29.2 Å². The standard InChI is InChI=1S/C20H29N3O3.ClH/c1-25-15-12-17-16(18(13-15)26-2)11-14(23-17)7-6-10-22-19(24)20(21)8-4-3-5-9-20;/h11-13,23H,3-10,21H2,1-2H3,(H,22,24);1H.